The van der Waals surface area contributed by atoms with Crippen LogP contribution in [-0.2, 0) is 6.54 Å². The number of hydrogen-bond acceptors (Lipinski definition) is 5. The van der Waals surface area contributed by atoms with E-state index in [1.165, 1.54) is 0 Å². The van der Waals surface area contributed by atoms with Gasteiger partial charge in [0, 0.05) is 53.0 Å². The summed E-state index contributed by atoms with van der Waals surface area (Å²) in [5.74, 6) is 1.78. The first-order valence-electron chi connectivity index (χ1n) is 9.70. The molecule has 0 spiro atoms. The van der Waals surface area contributed by atoms with E-state index in [0.29, 0.717) is 26.2 Å². The number of anilines is 2. The van der Waals surface area contributed by atoms with Crippen LogP contribution in [0.1, 0.15) is 12.5 Å². The number of benzene rings is 1. The van der Waals surface area contributed by atoms with Crippen molar-refractivity contribution in [1.29, 1.82) is 0 Å². The van der Waals surface area contributed by atoms with Crippen LogP contribution >= 0.6 is 0 Å². The molecule has 2 heterocycles. The largest absolute Gasteiger partial charge is 0.492 e. The predicted octanol–water partition coefficient (Wildman–Crippen LogP) is 2.58. The molecule has 0 radical (unpaired) electrons. The minimum Gasteiger partial charge on any atom is -0.492 e. The molecule has 2 aromatic rings. The van der Waals surface area contributed by atoms with E-state index >= 15 is 0 Å². The normalized spacial score (nSPS) is 14.0. The molecule has 0 unspecified atom stereocenters. The standard InChI is InChI=1S/C21H29N5O2/c1-4-28-19-8-6-5-7-18(19)25-11-13-26(14-12-25)21(27)23-16-17-9-10-22-20(15-17)24(2)3/h5-10,15H,4,11-14,16H2,1-3H3,(H,23,27). The van der Waals surface area contributed by atoms with Gasteiger partial charge >= 0.3 is 6.03 Å². The summed E-state index contributed by atoms with van der Waals surface area (Å²) in [6, 6.07) is 12.0. The molecule has 1 aromatic carbocycles. The van der Waals surface area contributed by atoms with Crippen molar-refractivity contribution in [2.45, 2.75) is 13.5 Å². The lowest BCUT2D eigenvalue weighted by molar-refractivity contribution is 0.194. The number of carbonyl (C=O) groups is 1. The summed E-state index contributed by atoms with van der Waals surface area (Å²) in [6.45, 7) is 6.08. The van der Waals surface area contributed by atoms with Crippen LogP contribution in [0, 0.1) is 0 Å². The lowest BCUT2D eigenvalue weighted by Gasteiger charge is -2.36. The van der Waals surface area contributed by atoms with Crippen molar-refractivity contribution in [2.75, 3.05) is 56.7 Å². The quantitative estimate of drug-likeness (QED) is 0.831. The monoisotopic (exact) mass is 383 g/mol. The fraction of sp³-hybridized carbons (Fsp3) is 0.429. The van der Waals surface area contributed by atoms with Gasteiger partial charge in [-0.1, -0.05) is 12.1 Å². The van der Waals surface area contributed by atoms with Crippen LogP contribution in [0.3, 0.4) is 0 Å². The smallest absolute Gasteiger partial charge is 0.317 e. The second-order valence-electron chi connectivity index (χ2n) is 6.95. The molecule has 1 fully saturated rings. The van der Waals surface area contributed by atoms with Gasteiger partial charge in [0.25, 0.3) is 0 Å². The summed E-state index contributed by atoms with van der Waals surface area (Å²) in [5.41, 5.74) is 2.13. The number of pyridine rings is 1. The molecular formula is C21H29N5O2. The Morgan fingerprint density at radius 3 is 2.64 bits per heavy atom. The summed E-state index contributed by atoms with van der Waals surface area (Å²) in [5, 5.41) is 3.02. The Morgan fingerprint density at radius 2 is 1.93 bits per heavy atom. The summed E-state index contributed by atoms with van der Waals surface area (Å²) in [6.07, 6.45) is 1.77. The average molecular weight is 383 g/mol. The number of nitrogens with one attached hydrogen (secondary N) is 1. The third-order valence-electron chi connectivity index (χ3n) is 4.78. The van der Waals surface area contributed by atoms with E-state index in [4.69, 9.17) is 4.74 Å². The molecule has 1 aliphatic heterocycles. The molecule has 1 N–H and O–H groups in total. The van der Waals surface area contributed by atoms with Crippen LogP contribution in [0.5, 0.6) is 5.75 Å². The van der Waals surface area contributed by atoms with Gasteiger partial charge in [-0.3, -0.25) is 0 Å². The van der Waals surface area contributed by atoms with E-state index in [9.17, 15) is 4.79 Å². The molecule has 7 heteroatoms. The van der Waals surface area contributed by atoms with Crippen molar-refractivity contribution >= 4 is 17.5 Å². The van der Waals surface area contributed by atoms with Gasteiger partial charge < -0.3 is 24.8 Å². The first-order valence-corrected chi connectivity index (χ1v) is 9.70. The maximum absolute atomic E-state index is 12.5. The second kappa shape index (κ2) is 9.30. The van der Waals surface area contributed by atoms with Gasteiger partial charge in [-0.15, -0.1) is 0 Å². The van der Waals surface area contributed by atoms with Gasteiger partial charge in [0.1, 0.15) is 11.6 Å². The molecule has 1 aliphatic rings. The Hall–Kier alpha value is -2.96. The third kappa shape index (κ3) is 4.85. The van der Waals surface area contributed by atoms with E-state index in [1.54, 1.807) is 6.20 Å². The van der Waals surface area contributed by atoms with Crippen molar-refractivity contribution < 1.29 is 9.53 Å². The summed E-state index contributed by atoms with van der Waals surface area (Å²) < 4.78 is 5.74. The zero-order valence-corrected chi connectivity index (χ0v) is 16.9. The molecule has 2 amide bonds. The highest BCUT2D eigenvalue weighted by Crippen LogP contribution is 2.28. The molecule has 0 aliphatic carbocycles. The summed E-state index contributed by atoms with van der Waals surface area (Å²) >= 11 is 0. The predicted molar refractivity (Wildman–Crippen MR) is 112 cm³/mol. The zero-order chi connectivity index (χ0) is 19.9. The van der Waals surface area contributed by atoms with E-state index in [1.807, 2.05) is 61.2 Å². The first-order chi connectivity index (χ1) is 13.6. The van der Waals surface area contributed by atoms with Crippen LogP contribution in [0.2, 0.25) is 0 Å². The maximum atomic E-state index is 12.5. The number of amides is 2. The Bertz CT molecular complexity index is 788. The Kier molecular flexibility index (Phi) is 6.57. The molecule has 1 aromatic heterocycles. The van der Waals surface area contributed by atoms with E-state index in [0.717, 1.165) is 35.9 Å². The van der Waals surface area contributed by atoms with Crippen LogP contribution in [0.4, 0.5) is 16.3 Å². The van der Waals surface area contributed by atoms with Gasteiger partial charge in [0.2, 0.25) is 0 Å². The minimum atomic E-state index is -0.0269. The number of rotatable bonds is 6. The third-order valence-corrected chi connectivity index (χ3v) is 4.78. The fourth-order valence-electron chi connectivity index (χ4n) is 3.25. The Morgan fingerprint density at radius 1 is 1.18 bits per heavy atom. The highest BCUT2D eigenvalue weighted by atomic mass is 16.5. The van der Waals surface area contributed by atoms with Gasteiger partial charge in [0.05, 0.1) is 12.3 Å². The van der Waals surface area contributed by atoms with Crippen LogP contribution in [0.15, 0.2) is 42.6 Å². The number of carbonyl (C=O) groups excluding carboxylic acids is 1. The molecule has 7 nitrogen and oxygen atoms in total. The molecule has 3 rings (SSSR count). The fourth-order valence-corrected chi connectivity index (χ4v) is 3.25. The summed E-state index contributed by atoms with van der Waals surface area (Å²) in [4.78, 5) is 22.9. The van der Waals surface area contributed by atoms with Crippen molar-refractivity contribution in [3.8, 4) is 5.75 Å². The minimum absolute atomic E-state index is 0.0269. The lowest BCUT2D eigenvalue weighted by atomic mass is 10.2. The van der Waals surface area contributed by atoms with E-state index in [2.05, 4.69) is 21.3 Å². The highest BCUT2D eigenvalue weighted by Gasteiger charge is 2.22. The molecular weight excluding hydrogens is 354 g/mol. The SMILES string of the molecule is CCOc1ccccc1N1CCN(C(=O)NCc2ccnc(N(C)C)c2)CC1. The van der Waals surface area contributed by atoms with Gasteiger partial charge in [-0.2, -0.15) is 0 Å². The number of ether oxygens (including phenoxy) is 1. The van der Waals surface area contributed by atoms with Crippen LogP contribution < -0.4 is 19.9 Å². The molecule has 150 valence electrons. The number of aromatic nitrogens is 1. The Balaban J connectivity index is 1.52. The molecule has 0 bridgehead atoms. The molecule has 1 saturated heterocycles. The number of urea groups is 1. The molecule has 0 atom stereocenters. The number of nitrogens with zero attached hydrogens (tertiary/aromatic N) is 4. The van der Waals surface area contributed by atoms with Gasteiger partial charge in [-0.25, -0.2) is 9.78 Å². The zero-order valence-electron chi connectivity index (χ0n) is 16.9. The first kappa shape index (κ1) is 19.8. The second-order valence-corrected chi connectivity index (χ2v) is 6.95. The van der Waals surface area contributed by atoms with E-state index in [-0.39, 0.29) is 6.03 Å². The maximum Gasteiger partial charge on any atom is 0.317 e. The van der Waals surface area contributed by atoms with Gasteiger partial charge in [0.15, 0.2) is 0 Å². The van der Waals surface area contributed by atoms with Crippen molar-refractivity contribution in [2.24, 2.45) is 0 Å². The number of hydrogen-bond donors (Lipinski definition) is 1. The number of para-hydroxylation sites is 2. The van der Waals surface area contributed by atoms with E-state index < -0.39 is 0 Å². The van der Waals surface area contributed by atoms with Crippen LogP contribution in [-0.4, -0.2) is 62.8 Å². The molecule has 28 heavy (non-hydrogen) atoms. The highest BCUT2D eigenvalue weighted by molar-refractivity contribution is 5.74. The summed E-state index contributed by atoms with van der Waals surface area (Å²) in [7, 11) is 3.90. The van der Waals surface area contributed by atoms with Crippen molar-refractivity contribution in [3.63, 3.8) is 0 Å². The Labute approximate surface area is 166 Å². The molecule has 0 saturated carbocycles. The van der Waals surface area contributed by atoms with Crippen molar-refractivity contribution in [1.82, 2.24) is 15.2 Å². The number of piperazine rings is 1. The van der Waals surface area contributed by atoms with Crippen molar-refractivity contribution in [3.05, 3.63) is 48.2 Å². The van der Waals surface area contributed by atoms with Gasteiger partial charge in [-0.05, 0) is 36.8 Å². The van der Waals surface area contributed by atoms with Crippen LogP contribution in [0.25, 0.3) is 0 Å². The average Bonchev–Trinajstić information content (AvgIpc) is 2.73. The lowest BCUT2D eigenvalue weighted by Crippen LogP contribution is -2.51. The topological polar surface area (TPSA) is 60.9 Å².